The smallest absolute Gasteiger partial charge is 0.254 e. The van der Waals surface area contributed by atoms with E-state index in [-0.39, 0.29) is 17.3 Å². The number of nitrogens with one attached hydrogen (secondary N) is 1. The van der Waals surface area contributed by atoms with Gasteiger partial charge in [0.25, 0.3) is 5.91 Å². The second kappa shape index (κ2) is 7.34. The lowest BCUT2D eigenvalue weighted by Gasteiger charge is -2.31. The number of carbonyl (C=O) groups is 1. The molecule has 0 saturated carbocycles. The van der Waals surface area contributed by atoms with Gasteiger partial charge in [0.15, 0.2) is 0 Å². The van der Waals surface area contributed by atoms with Crippen molar-refractivity contribution in [2.75, 3.05) is 6.54 Å². The second-order valence-corrected chi connectivity index (χ2v) is 8.90. The predicted octanol–water partition coefficient (Wildman–Crippen LogP) is 4.51. The van der Waals surface area contributed by atoms with Gasteiger partial charge in [0, 0.05) is 59.3 Å². The molecule has 1 unspecified atom stereocenters. The van der Waals surface area contributed by atoms with Crippen molar-refractivity contribution in [1.82, 2.24) is 24.6 Å². The first kappa shape index (κ1) is 19.5. The Balaban J connectivity index is 1.35. The fourth-order valence-electron chi connectivity index (χ4n) is 4.69. The van der Waals surface area contributed by atoms with E-state index in [4.69, 9.17) is 4.98 Å². The summed E-state index contributed by atoms with van der Waals surface area (Å²) in [6, 6.07) is 9.98. The van der Waals surface area contributed by atoms with Crippen LogP contribution < -0.4 is 0 Å². The Kier molecular flexibility index (Phi) is 4.61. The van der Waals surface area contributed by atoms with Crippen molar-refractivity contribution >= 4 is 16.9 Å². The lowest BCUT2D eigenvalue weighted by Crippen LogP contribution is -2.42. The molecule has 1 amide bonds. The Bertz CT molecular complexity index is 1230. The number of aromatic nitrogens is 4. The molecule has 1 aliphatic rings. The van der Waals surface area contributed by atoms with E-state index in [0.717, 1.165) is 35.1 Å². The third-order valence-electron chi connectivity index (χ3n) is 6.18. The monoisotopic (exact) mass is 417 g/mol. The molecule has 31 heavy (non-hydrogen) atoms. The van der Waals surface area contributed by atoms with Crippen LogP contribution in [-0.2, 0) is 6.54 Å². The molecular formula is C24H24FN5O. The van der Waals surface area contributed by atoms with Crippen LogP contribution in [0.15, 0.2) is 61.2 Å². The number of halogens is 1. The van der Waals surface area contributed by atoms with Crippen LogP contribution in [0.4, 0.5) is 4.39 Å². The van der Waals surface area contributed by atoms with E-state index in [9.17, 15) is 9.18 Å². The lowest BCUT2D eigenvalue weighted by atomic mass is 9.96. The second-order valence-electron chi connectivity index (χ2n) is 8.90. The normalized spacial score (nSPS) is 18.0. The Morgan fingerprint density at radius 3 is 2.74 bits per heavy atom. The minimum atomic E-state index is -0.335. The van der Waals surface area contributed by atoms with E-state index in [1.54, 1.807) is 18.3 Å². The van der Waals surface area contributed by atoms with Gasteiger partial charge in [-0.05, 0) is 62.6 Å². The Hall–Kier alpha value is -3.48. The standard InChI is InChI=1S/C24H24FN5O/c1-24(2)10-16(15-30(24)23(31)17-3-5-21(25)6-4-17)14-29-8-7-18-9-19(11-26-22(18)29)20-12-27-28-13-20/h3-9,11-13,16H,10,14-15H2,1-2H3,(H,27,28). The van der Waals surface area contributed by atoms with E-state index in [1.807, 2.05) is 17.3 Å². The zero-order chi connectivity index (χ0) is 21.6. The number of rotatable bonds is 4. The molecule has 0 aliphatic carbocycles. The number of nitrogens with zero attached hydrogens (tertiary/aromatic N) is 4. The van der Waals surface area contributed by atoms with Gasteiger partial charge in [-0.25, -0.2) is 9.37 Å². The van der Waals surface area contributed by atoms with Gasteiger partial charge < -0.3 is 9.47 Å². The third-order valence-corrected chi connectivity index (χ3v) is 6.18. The first-order valence-corrected chi connectivity index (χ1v) is 10.4. The molecule has 4 heterocycles. The number of hydrogen-bond acceptors (Lipinski definition) is 3. The molecule has 0 spiro atoms. The summed E-state index contributed by atoms with van der Waals surface area (Å²) in [6.07, 6.45) is 8.47. The molecule has 0 bridgehead atoms. The summed E-state index contributed by atoms with van der Waals surface area (Å²) in [7, 11) is 0. The van der Waals surface area contributed by atoms with Gasteiger partial charge in [0.1, 0.15) is 11.5 Å². The Labute approximate surface area is 179 Å². The Morgan fingerprint density at radius 1 is 1.19 bits per heavy atom. The summed E-state index contributed by atoms with van der Waals surface area (Å²) in [5.74, 6) is -0.0730. The summed E-state index contributed by atoms with van der Waals surface area (Å²) < 4.78 is 15.4. The van der Waals surface area contributed by atoms with Crippen LogP contribution in [0, 0.1) is 11.7 Å². The topological polar surface area (TPSA) is 66.8 Å². The van der Waals surface area contributed by atoms with Gasteiger partial charge in [-0.1, -0.05) is 0 Å². The van der Waals surface area contributed by atoms with Crippen LogP contribution in [0.2, 0.25) is 0 Å². The van der Waals surface area contributed by atoms with Crippen molar-refractivity contribution in [2.45, 2.75) is 32.4 Å². The molecule has 4 aromatic rings. The van der Waals surface area contributed by atoms with Gasteiger partial charge in [-0.3, -0.25) is 9.89 Å². The highest BCUT2D eigenvalue weighted by Crippen LogP contribution is 2.35. The summed E-state index contributed by atoms with van der Waals surface area (Å²) in [4.78, 5) is 19.7. The quantitative estimate of drug-likeness (QED) is 0.531. The van der Waals surface area contributed by atoms with Gasteiger partial charge >= 0.3 is 0 Å². The van der Waals surface area contributed by atoms with Crippen molar-refractivity contribution < 1.29 is 9.18 Å². The number of H-pyrrole nitrogens is 1. The number of likely N-dealkylation sites (tertiary alicyclic amines) is 1. The lowest BCUT2D eigenvalue weighted by molar-refractivity contribution is 0.0649. The van der Waals surface area contributed by atoms with E-state index < -0.39 is 0 Å². The van der Waals surface area contributed by atoms with Crippen molar-refractivity contribution in [2.24, 2.45) is 5.92 Å². The van der Waals surface area contributed by atoms with Crippen molar-refractivity contribution in [1.29, 1.82) is 0 Å². The third kappa shape index (κ3) is 3.60. The highest BCUT2D eigenvalue weighted by atomic mass is 19.1. The number of pyridine rings is 1. The number of benzene rings is 1. The molecule has 6 nitrogen and oxygen atoms in total. The summed E-state index contributed by atoms with van der Waals surface area (Å²) >= 11 is 0. The van der Waals surface area contributed by atoms with Gasteiger partial charge in [0.2, 0.25) is 0 Å². The number of aromatic amines is 1. The molecule has 5 rings (SSSR count). The first-order chi connectivity index (χ1) is 14.9. The van der Waals surface area contributed by atoms with Gasteiger partial charge in [0.05, 0.1) is 6.20 Å². The minimum absolute atomic E-state index is 0.0484. The van der Waals surface area contributed by atoms with E-state index >= 15 is 0 Å². The van der Waals surface area contributed by atoms with Crippen LogP contribution in [0.3, 0.4) is 0 Å². The molecule has 1 aliphatic heterocycles. The predicted molar refractivity (Wildman–Crippen MR) is 117 cm³/mol. The maximum Gasteiger partial charge on any atom is 0.254 e. The fourth-order valence-corrected chi connectivity index (χ4v) is 4.69. The maximum absolute atomic E-state index is 13.2. The number of fused-ring (bicyclic) bond motifs is 1. The maximum atomic E-state index is 13.2. The van der Waals surface area contributed by atoms with Crippen LogP contribution in [0.1, 0.15) is 30.6 Å². The van der Waals surface area contributed by atoms with Crippen molar-refractivity contribution in [3.63, 3.8) is 0 Å². The molecule has 7 heteroatoms. The minimum Gasteiger partial charge on any atom is -0.333 e. The number of amides is 1. The molecule has 3 aromatic heterocycles. The summed E-state index contributed by atoms with van der Waals surface area (Å²) in [6.45, 7) is 5.64. The SMILES string of the molecule is CC1(C)CC(Cn2ccc3cc(-c4cn[nH]c4)cnc32)CN1C(=O)c1ccc(F)cc1. The molecule has 0 radical (unpaired) electrons. The van der Waals surface area contributed by atoms with Crippen LogP contribution in [0.5, 0.6) is 0 Å². The van der Waals surface area contributed by atoms with Crippen molar-refractivity contribution in [3.05, 3.63) is 72.6 Å². The van der Waals surface area contributed by atoms with E-state index in [1.165, 1.54) is 12.1 Å². The molecule has 1 aromatic carbocycles. The molecule has 1 saturated heterocycles. The van der Waals surface area contributed by atoms with E-state index in [2.05, 4.69) is 46.9 Å². The fraction of sp³-hybridized carbons (Fsp3) is 0.292. The molecular weight excluding hydrogens is 393 g/mol. The molecule has 1 N–H and O–H groups in total. The molecule has 1 atom stereocenters. The highest BCUT2D eigenvalue weighted by Gasteiger charge is 2.41. The van der Waals surface area contributed by atoms with Crippen LogP contribution >= 0.6 is 0 Å². The van der Waals surface area contributed by atoms with Gasteiger partial charge in [-0.15, -0.1) is 0 Å². The average Bonchev–Trinajstić information content (AvgIpc) is 3.47. The number of hydrogen-bond donors (Lipinski definition) is 1. The average molecular weight is 417 g/mol. The van der Waals surface area contributed by atoms with Crippen molar-refractivity contribution in [3.8, 4) is 11.1 Å². The first-order valence-electron chi connectivity index (χ1n) is 10.4. The summed E-state index contributed by atoms with van der Waals surface area (Å²) in [5.41, 5.74) is 3.23. The zero-order valence-corrected chi connectivity index (χ0v) is 17.5. The van der Waals surface area contributed by atoms with Crippen LogP contribution in [-0.4, -0.2) is 42.6 Å². The largest absolute Gasteiger partial charge is 0.333 e. The van der Waals surface area contributed by atoms with Crippen LogP contribution in [0.25, 0.3) is 22.2 Å². The Morgan fingerprint density at radius 2 is 2.00 bits per heavy atom. The zero-order valence-electron chi connectivity index (χ0n) is 17.5. The van der Waals surface area contributed by atoms with Gasteiger partial charge in [-0.2, -0.15) is 5.10 Å². The molecule has 1 fully saturated rings. The number of carbonyl (C=O) groups excluding carboxylic acids is 1. The summed E-state index contributed by atoms with van der Waals surface area (Å²) in [5, 5.41) is 7.91. The highest BCUT2D eigenvalue weighted by molar-refractivity contribution is 5.95. The molecule has 158 valence electrons. The van der Waals surface area contributed by atoms with E-state index in [0.29, 0.717) is 18.0 Å².